The van der Waals surface area contributed by atoms with E-state index in [2.05, 4.69) is 15.2 Å². The number of carbonyl (C=O) groups excluding carboxylic acids is 3. The number of carbonyl (C=O) groups is 3. The summed E-state index contributed by atoms with van der Waals surface area (Å²) in [6.45, 7) is 1.30. The normalized spacial score (nSPS) is 24.4. The number of Topliss-reactive ketones (excluding diaryl/α,β-unsaturated/α-hetero) is 2. The molecular weight excluding hydrogens is 430 g/mol. The topological polar surface area (TPSA) is 109 Å². The van der Waals surface area contributed by atoms with Crippen molar-refractivity contribution in [3.05, 3.63) is 59.6 Å². The van der Waals surface area contributed by atoms with E-state index in [0.717, 1.165) is 29.9 Å². The zero-order valence-corrected chi connectivity index (χ0v) is 19.5. The molecule has 1 saturated heterocycles. The fourth-order valence-corrected chi connectivity index (χ4v) is 5.57. The maximum Gasteiger partial charge on any atom is 0.239 e. The van der Waals surface area contributed by atoms with Crippen LogP contribution in [0.3, 0.4) is 0 Å². The number of nitrogens with zero attached hydrogens (tertiary/aromatic N) is 2. The van der Waals surface area contributed by atoms with E-state index in [0.29, 0.717) is 43.6 Å². The first-order valence-corrected chi connectivity index (χ1v) is 12.0. The van der Waals surface area contributed by atoms with E-state index in [-0.39, 0.29) is 18.1 Å². The Kier molecular flexibility index (Phi) is 5.77. The number of amides is 1. The smallest absolute Gasteiger partial charge is 0.239 e. The van der Waals surface area contributed by atoms with Gasteiger partial charge in [0.1, 0.15) is 5.54 Å². The van der Waals surface area contributed by atoms with Gasteiger partial charge in [-0.2, -0.15) is 0 Å². The number of allylic oxidation sites excluding steroid dienone is 1. The van der Waals surface area contributed by atoms with Gasteiger partial charge in [-0.1, -0.05) is 24.3 Å². The lowest BCUT2D eigenvalue weighted by atomic mass is 9.92. The Morgan fingerprint density at radius 1 is 1.21 bits per heavy atom. The van der Waals surface area contributed by atoms with Crippen LogP contribution in [0.2, 0.25) is 0 Å². The average Bonchev–Trinajstić information content (AvgIpc) is 3.40. The number of likely N-dealkylation sites (N-methyl/N-ethyl adjacent to an activating group) is 1. The van der Waals surface area contributed by atoms with Gasteiger partial charge >= 0.3 is 0 Å². The molecular formula is C26H31N5O3. The molecule has 2 aromatic rings. The highest BCUT2D eigenvalue weighted by Crippen LogP contribution is 2.42. The van der Waals surface area contributed by atoms with Gasteiger partial charge in [0.25, 0.3) is 0 Å². The first-order chi connectivity index (χ1) is 16.4. The van der Waals surface area contributed by atoms with Crippen LogP contribution >= 0.6 is 0 Å². The standard InChI is InChI=1S/C26H31N5O3/c1-30-14-11-18(21(33)15-30)24-23(29-17-7-3-2-4-8-17)22-19(9-5-10-20(22)32)31(24)16-26(25(27)34)12-6-13-28-26/h2-4,7-8,11,14,18,28-29H,5-6,9-10,12-13,15-16H2,1H3,(H2,27,34)/t18?,26-/m0/s1. The maximum absolute atomic E-state index is 13.3. The molecule has 0 bridgehead atoms. The molecule has 3 aliphatic rings. The van der Waals surface area contributed by atoms with Crippen molar-refractivity contribution < 1.29 is 14.4 Å². The number of hydrogen-bond donors (Lipinski definition) is 3. The van der Waals surface area contributed by atoms with Crippen molar-refractivity contribution >= 4 is 28.8 Å². The van der Waals surface area contributed by atoms with E-state index < -0.39 is 17.4 Å². The number of rotatable bonds is 6. The van der Waals surface area contributed by atoms with Gasteiger partial charge in [-0.05, 0) is 50.6 Å². The minimum Gasteiger partial charge on any atom is -0.373 e. The molecule has 1 unspecified atom stereocenters. The van der Waals surface area contributed by atoms with E-state index in [1.54, 1.807) is 0 Å². The molecule has 3 heterocycles. The lowest BCUT2D eigenvalue weighted by Crippen LogP contribution is -2.55. The van der Waals surface area contributed by atoms with Gasteiger partial charge in [0, 0.05) is 31.4 Å². The lowest BCUT2D eigenvalue weighted by molar-refractivity contribution is -0.124. The highest BCUT2D eigenvalue weighted by molar-refractivity contribution is 6.06. The molecule has 0 saturated carbocycles. The fourth-order valence-electron chi connectivity index (χ4n) is 5.57. The second kappa shape index (κ2) is 8.76. The summed E-state index contributed by atoms with van der Waals surface area (Å²) in [6, 6.07) is 9.67. The van der Waals surface area contributed by atoms with Gasteiger partial charge < -0.3 is 25.8 Å². The molecule has 4 N–H and O–H groups in total. The second-order valence-electron chi connectivity index (χ2n) is 9.61. The molecule has 1 fully saturated rings. The molecule has 1 aromatic heterocycles. The Balaban J connectivity index is 1.73. The van der Waals surface area contributed by atoms with Crippen LogP contribution in [0.1, 0.15) is 53.3 Å². The SMILES string of the molecule is CN1C=CC(c2c(Nc3ccccc3)c3c(n2C[C@]2(C(N)=O)CCCN2)CCCC3=O)C(=O)C1. The van der Waals surface area contributed by atoms with E-state index in [1.807, 2.05) is 54.6 Å². The number of aromatic nitrogens is 1. The first-order valence-electron chi connectivity index (χ1n) is 12.0. The number of hydrogen-bond acceptors (Lipinski definition) is 6. The Morgan fingerprint density at radius 3 is 2.68 bits per heavy atom. The molecule has 1 amide bonds. The number of para-hydroxylation sites is 1. The molecule has 8 nitrogen and oxygen atoms in total. The van der Waals surface area contributed by atoms with Crippen molar-refractivity contribution in [3.63, 3.8) is 0 Å². The summed E-state index contributed by atoms with van der Waals surface area (Å²) in [5, 5.41) is 6.80. The average molecular weight is 462 g/mol. The van der Waals surface area contributed by atoms with Crippen molar-refractivity contribution in [2.24, 2.45) is 5.73 Å². The summed E-state index contributed by atoms with van der Waals surface area (Å²) in [7, 11) is 1.87. The van der Waals surface area contributed by atoms with Crippen LogP contribution < -0.4 is 16.4 Å². The summed E-state index contributed by atoms with van der Waals surface area (Å²) >= 11 is 0. The third-order valence-electron chi connectivity index (χ3n) is 7.27. The minimum absolute atomic E-state index is 0.0529. The van der Waals surface area contributed by atoms with E-state index in [9.17, 15) is 14.4 Å². The van der Waals surface area contributed by atoms with Crippen LogP contribution in [0.25, 0.3) is 0 Å². The predicted octanol–water partition coefficient (Wildman–Crippen LogP) is 2.47. The quantitative estimate of drug-likeness (QED) is 0.610. The summed E-state index contributed by atoms with van der Waals surface area (Å²) in [4.78, 5) is 41.0. The van der Waals surface area contributed by atoms with Crippen molar-refractivity contribution in [2.75, 3.05) is 25.5 Å². The summed E-state index contributed by atoms with van der Waals surface area (Å²) < 4.78 is 2.05. The van der Waals surface area contributed by atoms with Crippen LogP contribution in [0, 0.1) is 0 Å². The van der Waals surface area contributed by atoms with Crippen molar-refractivity contribution in [1.82, 2.24) is 14.8 Å². The maximum atomic E-state index is 13.3. The van der Waals surface area contributed by atoms with Crippen molar-refractivity contribution in [1.29, 1.82) is 0 Å². The van der Waals surface area contributed by atoms with Gasteiger partial charge in [-0.15, -0.1) is 0 Å². The molecule has 5 rings (SSSR count). The molecule has 1 aromatic carbocycles. The van der Waals surface area contributed by atoms with Crippen LogP contribution in [0.4, 0.5) is 11.4 Å². The van der Waals surface area contributed by atoms with E-state index >= 15 is 0 Å². The number of nitrogens with one attached hydrogen (secondary N) is 2. The molecule has 0 radical (unpaired) electrons. The van der Waals surface area contributed by atoms with Gasteiger partial charge in [0.15, 0.2) is 11.6 Å². The summed E-state index contributed by atoms with van der Waals surface area (Å²) in [5.74, 6) is -0.802. The number of benzene rings is 1. The molecule has 178 valence electrons. The fraction of sp³-hybridized carbons (Fsp3) is 0.423. The Hall–Kier alpha value is -3.39. The monoisotopic (exact) mass is 461 g/mol. The highest BCUT2D eigenvalue weighted by atomic mass is 16.2. The van der Waals surface area contributed by atoms with Crippen molar-refractivity contribution in [2.45, 2.75) is 50.1 Å². The predicted molar refractivity (Wildman–Crippen MR) is 130 cm³/mol. The summed E-state index contributed by atoms with van der Waals surface area (Å²) in [6.07, 6.45) is 7.20. The zero-order valence-electron chi connectivity index (χ0n) is 19.5. The molecule has 2 atom stereocenters. The second-order valence-corrected chi connectivity index (χ2v) is 9.61. The van der Waals surface area contributed by atoms with Crippen molar-refractivity contribution in [3.8, 4) is 0 Å². The molecule has 8 heteroatoms. The molecule has 2 aliphatic heterocycles. The number of anilines is 2. The van der Waals surface area contributed by atoms with E-state index in [1.165, 1.54) is 0 Å². The van der Waals surface area contributed by atoms with E-state index in [4.69, 9.17) is 5.73 Å². The van der Waals surface area contributed by atoms with Crippen LogP contribution in [-0.4, -0.2) is 52.6 Å². The van der Waals surface area contributed by atoms with Gasteiger partial charge in [0.2, 0.25) is 5.91 Å². The minimum atomic E-state index is -0.899. The van der Waals surface area contributed by atoms with Crippen LogP contribution in [0.5, 0.6) is 0 Å². The first kappa shape index (κ1) is 22.4. The molecule has 1 aliphatic carbocycles. The Morgan fingerprint density at radius 2 is 2.00 bits per heavy atom. The zero-order chi connectivity index (χ0) is 23.9. The van der Waals surface area contributed by atoms with Gasteiger partial charge in [-0.25, -0.2) is 0 Å². The summed E-state index contributed by atoms with van der Waals surface area (Å²) in [5.41, 5.74) is 8.80. The van der Waals surface area contributed by atoms with Gasteiger partial charge in [-0.3, -0.25) is 14.4 Å². The number of ketones is 2. The Labute approximate surface area is 199 Å². The Bertz CT molecular complexity index is 1160. The largest absolute Gasteiger partial charge is 0.373 e. The number of primary amides is 1. The molecule has 0 spiro atoms. The third-order valence-corrected chi connectivity index (χ3v) is 7.27. The van der Waals surface area contributed by atoms with Gasteiger partial charge in [0.05, 0.1) is 29.4 Å². The molecule has 34 heavy (non-hydrogen) atoms. The third kappa shape index (κ3) is 3.81. The van der Waals surface area contributed by atoms with Crippen LogP contribution in [0.15, 0.2) is 42.6 Å². The lowest BCUT2D eigenvalue weighted by Gasteiger charge is -2.31. The number of nitrogens with two attached hydrogens (primary N) is 1. The van der Waals surface area contributed by atoms with Crippen LogP contribution in [-0.2, 0) is 22.6 Å². The number of fused-ring (bicyclic) bond motifs is 1. The highest BCUT2D eigenvalue weighted by Gasteiger charge is 2.43.